The molecule has 1 fully saturated rings. The van der Waals surface area contributed by atoms with Gasteiger partial charge in [0.05, 0.1) is 45.8 Å². The van der Waals surface area contributed by atoms with Crippen LogP contribution in [0.2, 0.25) is 0 Å². The number of esters is 1. The number of rotatable bonds is 7. The number of aromatic nitrogens is 1. The Kier molecular flexibility index (Phi) is 8.11. The van der Waals surface area contributed by atoms with Gasteiger partial charge < -0.3 is 24.6 Å². The van der Waals surface area contributed by atoms with Crippen molar-refractivity contribution in [1.29, 1.82) is 0 Å². The third kappa shape index (κ3) is 4.62. The number of carbonyl (C=O) groups excluding carboxylic acids is 3. The van der Waals surface area contributed by atoms with Crippen LogP contribution in [0.4, 0.5) is 0 Å². The number of carbonyl (C=O) groups is 3. The molecule has 1 amide bonds. The maximum atomic E-state index is 12.3. The Hall–Kier alpha value is -1.17. The number of hydrogen-bond donors (Lipinski definition) is 1. The van der Waals surface area contributed by atoms with Crippen molar-refractivity contribution in [2.45, 2.75) is 39.5 Å². The Labute approximate surface area is 198 Å². The van der Waals surface area contributed by atoms with E-state index in [0.29, 0.717) is 10.6 Å². The van der Waals surface area contributed by atoms with Crippen molar-refractivity contribution in [2.75, 3.05) is 0 Å². The van der Waals surface area contributed by atoms with Crippen LogP contribution in [0, 0.1) is 11.8 Å². The van der Waals surface area contributed by atoms with Gasteiger partial charge in [-0.25, -0.2) is 4.98 Å². The van der Waals surface area contributed by atoms with Crippen LogP contribution in [-0.4, -0.2) is 45.0 Å². The third-order valence-corrected chi connectivity index (χ3v) is 6.73. The molecule has 2 aliphatic rings. The topological polar surface area (TPSA) is 120 Å². The Balaban J connectivity index is 0.00000300. The van der Waals surface area contributed by atoms with Gasteiger partial charge in [0.25, 0.3) is 0 Å². The molecule has 1 saturated heterocycles. The molecule has 29 heavy (non-hydrogen) atoms. The van der Waals surface area contributed by atoms with Crippen LogP contribution in [0.3, 0.4) is 0 Å². The van der Waals surface area contributed by atoms with Gasteiger partial charge in [-0.1, -0.05) is 18.7 Å². The monoisotopic (exact) mass is 446 g/mol. The van der Waals surface area contributed by atoms with Crippen molar-refractivity contribution in [3.05, 3.63) is 32.1 Å². The standard InChI is InChI=1S/C18H20N2O6S2.Na/c1-8-14-13(9(2)21)17(23)20(14)15(18(24)25)16(8)27-5-4-12-11(19-7-28-12)6-26-10(3)22;/h4-5,7-9,13-14,21H,6H2,1-3H3,(H,24,25);/q;+1/p-1/b5-4-;/t8-,9-,13-,14-;/m1./s1. The van der Waals surface area contributed by atoms with E-state index in [-0.39, 0.29) is 53.8 Å². The van der Waals surface area contributed by atoms with E-state index in [0.717, 1.165) is 4.88 Å². The average molecular weight is 446 g/mol. The van der Waals surface area contributed by atoms with Crippen LogP contribution >= 0.6 is 23.1 Å². The normalized spacial score (nSPS) is 24.2. The van der Waals surface area contributed by atoms with Gasteiger partial charge in [-0.2, -0.15) is 0 Å². The number of aliphatic hydroxyl groups is 1. The molecule has 1 N–H and O–H groups in total. The maximum absolute atomic E-state index is 12.3. The molecule has 11 heteroatoms. The molecule has 0 saturated carbocycles. The number of carboxylic acids is 1. The van der Waals surface area contributed by atoms with Gasteiger partial charge in [0.1, 0.15) is 6.61 Å². The maximum Gasteiger partial charge on any atom is 1.00 e. The Morgan fingerprint density at radius 1 is 1.52 bits per heavy atom. The number of thiazole rings is 1. The van der Waals surface area contributed by atoms with Gasteiger partial charge in [-0.15, -0.1) is 11.3 Å². The first-order valence-electron chi connectivity index (χ1n) is 8.59. The molecule has 150 valence electrons. The fraction of sp³-hybridized carbons (Fsp3) is 0.444. The van der Waals surface area contributed by atoms with E-state index in [1.807, 2.05) is 6.92 Å². The largest absolute Gasteiger partial charge is 1.00 e. The Morgan fingerprint density at radius 3 is 2.79 bits per heavy atom. The van der Waals surface area contributed by atoms with Gasteiger partial charge in [0.15, 0.2) is 0 Å². The minimum atomic E-state index is -1.41. The number of aliphatic carboxylic acids is 1. The summed E-state index contributed by atoms with van der Waals surface area (Å²) in [5, 5.41) is 23.2. The summed E-state index contributed by atoms with van der Waals surface area (Å²) < 4.78 is 4.96. The predicted octanol–water partition coefficient (Wildman–Crippen LogP) is -2.27. The van der Waals surface area contributed by atoms with Crippen molar-refractivity contribution >= 4 is 47.0 Å². The number of aliphatic hydroxyl groups excluding tert-OH is 1. The van der Waals surface area contributed by atoms with E-state index in [4.69, 9.17) is 4.74 Å². The molecule has 0 spiro atoms. The van der Waals surface area contributed by atoms with Crippen molar-refractivity contribution in [3.63, 3.8) is 0 Å². The second-order valence-corrected chi connectivity index (χ2v) is 8.45. The second-order valence-electron chi connectivity index (χ2n) is 6.62. The Morgan fingerprint density at radius 2 is 2.21 bits per heavy atom. The molecule has 3 heterocycles. The van der Waals surface area contributed by atoms with Gasteiger partial charge in [-0.05, 0) is 18.4 Å². The molecular formula is C18H19N2NaO6S2. The second kappa shape index (κ2) is 9.76. The zero-order valence-electron chi connectivity index (χ0n) is 16.4. The van der Waals surface area contributed by atoms with E-state index in [2.05, 4.69) is 4.98 Å². The minimum Gasteiger partial charge on any atom is -0.543 e. The molecular weight excluding hydrogens is 427 g/mol. The zero-order valence-corrected chi connectivity index (χ0v) is 20.1. The summed E-state index contributed by atoms with van der Waals surface area (Å²) in [5.74, 6) is -3.04. The first-order valence-corrected chi connectivity index (χ1v) is 10.4. The van der Waals surface area contributed by atoms with Gasteiger partial charge in [-0.3, -0.25) is 9.59 Å². The fourth-order valence-corrected chi connectivity index (χ4v) is 5.30. The molecule has 0 aromatic carbocycles. The van der Waals surface area contributed by atoms with Gasteiger partial charge in [0.2, 0.25) is 5.91 Å². The first-order chi connectivity index (χ1) is 13.2. The SMILES string of the molecule is CC(=O)OCc1ncsc1/C=C\SC1=C(C(=O)[O-])N2C(=O)[C@H]([C@@H](C)O)[C@H]2[C@H]1C.[Na+]. The molecule has 0 radical (unpaired) electrons. The molecule has 0 unspecified atom stereocenters. The van der Waals surface area contributed by atoms with Crippen molar-refractivity contribution in [1.82, 2.24) is 9.88 Å². The molecule has 1 aromatic heterocycles. The van der Waals surface area contributed by atoms with Crippen LogP contribution in [0.1, 0.15) is 31.3 Å². The number of amides is 1. The number of hydrogen-bond acceptors (Lipinski definition) is 9. The van der Waals surface area contributed by atoms with Crippen molar-refractivity contribution < 1.29 is 58.9 Å². The first kappa shape index (κ1) is 24.1. The fourth-order valence-electron chi connectivity index (χ4n) is 3.53. The number of thioether (sulfide) groups is 1. The molecule has 1 aromatic rings. The molecule has 2 aliphatic heterocycles. The van der Waals surface area contributed by atoms with Crippen LogP contribution in [0.5, 0.6) is 0 Å². The summed E-state index contributed by atoms with van der Waals surface area (Å²) in [4.78, 5) is 41.6. The van der Waals surface area contributed by atoms with E-state index in [1.54, 1.807) is 17.0 Å². The van der Waals surface area contributed by atoms with Crippen LogP contribution < -0.4 is 34.7 Å². The quantitative estimate of drug-likeness (QED) is 0.283. The summed E-state index contributed by atoms with van der Waals surface area (Å²) in [6.45, 7) is 4.75. The van der Waals surface area contributed by atoms with Crippen LogP contribution in [0.15, 0.2) is 21.5 Å². The number of carboxylic acid groups (broad SMARTS) is 1. The predicted molar refractivity (Wildman–Crippen MR) is 101 cm³/mol. The number of β-lactam (4-membered cyclic amide) rings is 1. The molecule has 4 atom stereocenters. The number of fused-ring (bicyclic) bond motifs is 1. The summed E-state index contributed by atoms with van der Waals surface area (Å²) in [6, 6.07) is -0.376. The summed E-state index contributed by atoms with van der Waals surface area (Å²) in [7, 11) is 0. The van der Waals surface area contributed by atoms with Gasteiger partial charge in [0, 0.05) is 17.7 Å². The van der Waals surface area contributed by atoms with E-state index < -0.39 is 29.9 Å². The molecule has 0 aliphatic carbocycles. The summed E-state index contributed by atoms with van der Waals surface area (Å²) >= 11 is 2.56. The van der Waals surface area contributed by atoms with Crippen molar-refractivity contribution in [2.24, 2.45) is 11.8 Å². The number of nitrogens with zero attached hydrogens (tertiary/aromatic N) is 2. The van der Waals surface area contributed by atoms with Crippen molar-refractivity contribution in [3.8, 4) is 0 Å². The van der Waals surface area contributed by atoms with E-state index in [9.17, 15) is 24.6 Å². The van der Waals surface area contributed by atoms with Gasteiger partial charge >= 0.3 is 35.5 Å². The van der Waals surface area contributed by atoms with Crippen LogP contribution in [0.25, 0.3) is 6.08 Å². The van der Waals surface area contributed by atoms with E-state index in [1.165, 1.54) is 41.8 Å². The number of ether oxygens (including phenoxy) is 1. The van der Waals surface area contributed by atoms with Crippen LogP contribution in [-0.2, 0) is 25.7 Å². The summed E-state index contributed by atoms with van der Waals surface area (Å²) in [5.41, 5.74) is 2.11. The third-order valence-electron chi connectivity index (χ3n) is 4.80. The smallest absolute Gasteiger partial charge is 0.543 e. The zero-order chi connectivity index (χ0) is 20.6. The average Bonchev–Trinajstić information content (AvgIpc) is 3.14. The minimum absolute atomic E-state index is 0. The molecule has 3 rings (SSSR count). The van der Waals surface area contributed by atoms with E-state index >= 15 is 0 Å². The molecule has 8 nitrogen and oxygen atoms in total. The Bertz CT molecular complexity index is 881. The molecule has 0 bridgehead atoms. The summed E-state index contributed by atoms with van der Waals surface area (Å²) in [6.07, 6.45) is 0.914.